The first-order valence-electron chi connectivity index (χ1n) is 6.49. The van der Waals surface area contributed by atoms with E-state index in [1.165, 1.54) is 0 Å². The molecule has 0 N–H and O–H groups in total. The van der Waals surface area contributed by atoms with Gasteiger partial charge in [0, 0.05) is 19.0 Å². The van der Waals surface area contributed by atoms with E-state index in [0.29, 0.717) is 18.6 Å². The maximum absolute atomic E-state index is 5.70. The summed E-state index contributed by atoms with van der Waals surface area (Å²) in [5.74, 6) is 1.63. The average Bonchev–Trinajstić information content (AvgIpc) is 2.94. The second kappa shape index (κ2) is 6.03. The van der Waals surface area contributed by atoms with Gasteiger partial charge in [0.1, 0.15) is 17.0 Å². The molecule has 1 aliphatic rings. The Morgan fingerprint density at radius 2 is 2.21 bits per heavy atom. The first-order chi connectivity index (χ1) is 9.38. The van der Waals surface area contributed by atoms with Crippen molar-refractivity contribution in [3.8, 4) is 0 Å². The van der Waals surface area contributed by atoms with Crippen LogP contribution in [0.1, 0.15) is 12.8 Å². The van der Waals surface area contributed by atoms with Crippen LogP contribution in [-0.4, -0.2) is 41.6 Å². The van der Waals surface area contributed by atoms with E-state index in [9.17, 15) is 0 Å². The molecule has 0 atom stereocenters. The fourth-order valence-corrected chi connectivity index (χ4v) is 3.29. The minimum atomic E-state index is 0.342. The number of anilines is 1. The van der Waals surface area contributed by atoms with E-state index in [-0.39, 0.29) is 0 Å². The molecule has 0 saturated carbocycles. The molecule has 0 bridgehead atoms. The molecule has 2 aromatic heterocycles. The molecule has 0 spiro atoms. The molecule has 3 heterocycles. The van der Waals surface area contributed by atoms with Gasteiger partial charge in [0.15, 0.2) is 0 Å². The predicted octanol–water partition coefficient (Wildman–Crippen LogP) is 2.92. The van der Waals surface area contributed by atoms with Crippen molar-refractivity contribution in [1.82, 2.24) is 9.97 Å². The predicted molar refractivity (Wildman–Crippen MR) is 79.3 cm³/mol. The van der Waals surface area contributed by atoms with Crippen molar-refractivity contribution in [2.75, 3.05) is 30.5 Å². The highest BCUT2D eigenvalue weighted by Gasteiger charge is 2.22. The lowest BCUT2D eigenvalue weighted by atomic mass is 10.1. The molecule has 3 rings (SSSR count). The van der Waals surface area contributed by atoms with Gasteiger partial charge in [-0.05, 0) is 24.3 Å². The van der Waals surface area contributed by atoms with Crippen molar-refractivity contribution in [2.24, 2.45) is 0 Å². The van der Waals surface area contributed by atoms with Crippen LogP contribution >= 0.6 is 22.9 Å². The Morgan fingerprint density at radius 1 is 1.37 bits per heavy atom. The standard InChI is InChI=1S/C13H16ClN3OS/c14-4-7-18-10-1-5-17(6-2-10)12-11-3-8-19-13(11)16-9-15-12/h3,8-10H,1-2,4-7H2. The van der Waals surface area contributed by atoms with E-state index >= 15 is 0 Å². The lowest BCUT2D eigenvalue weighted by Crippen LogP contribution is -2.37. The van der Waals surface area contributed by atoms with Crippen LogP contribution in [0.3, 0.4) is 0 Å². The second-order valence-corrected chi connectivity index (χ2v) is 5.86. The van der Waals surface area contributed by atoms with Crippen molar-refractivity contribution in [3.63, 3.8) is 0 Å². The molecule has 2 aromatic rings. The Balaban J connectivity index is 1.69. The van der Waals surface area contributed by atoms with Gasteiger partial charge in [-0.25, -0.2) is 9.97 Å². The molecule has 0 unspecified atom stereocenters. The van der Waals surface area contributed by atoms with Crippen LogP contribution in [0.15, 0.2) is 17.8 Å². The van der Waals surface area contributed by atoms with E-state index in [2.05, 4.69) is 26.3 Å². The van der Waals surface area contributed by atoms with Gasteiger partial charge < -0.3 is 9.64 Å². The van der Waals surface area contributed by atoms with Crippen LogP contribution < -0.4 is 4.90 Å². The van der Waals surface area contributed by atoms with E-state index in [4.69, 9.17) is 16.3 Å². The minimum Gasteiger partial charge on any atom is -0.377 e. The molecule has 19 heavy (non-hydrogen) atoms. The quantitative estimate of drug-likeness (QED) is 0.813. The van der Waals surface area contributed by atoms with Crippen molar-refractivity contribution in [1.29, 1.82) is 0 Å². The number of nitrogens with zero attached hydrogens (tertiary/aromatic N) is 3. The molecule has 6 heteroatoms. The van der Waals surface area contributed by atoms with Crippen LogP contribution in [0.2, 0.25) is 0 Å². The topological polar surface area (TPSA) is 38.2 Å². The Hall–Kier alpha value is -0.910. The zero-order chi connectivity index (χ0) is 13.1. The summed E-state index contributed by atoms with van der Waals surface area (Å²) < 4.78 is 5.70. The SMILES string of the molecule is ClCCOC1CCN(c2ncnc3sccc23)CC1. The van der Waals surface area contributed by atoms with Crippen molar-refractivity contribution in [3.05, 3.63) is 17.8 Å². The number of thiophene rings is 1. The molecule has 1 aliphatic heterocycles. The van der Waals surface area contributed by atoms with Crippen LogP contribution in [0, 0.1) is 0 Å². The third-order valence-corrected chi connectivity index (χ3v) is 4.39. The third-order valence-electron chi connectivity index (χ3n) is 3.41. The normalized spacial score (nSPS) is 17.2. The van der Waals surface area contributed by atoms with Gasteiger partial charge >= 0.3 is 0 Å². The molecule has 0 aliphatic carbocycles. The summed E-state index contributed by atoms with van der Waals surface area (Å²) >= 11 is 7.31. The number of fused-ring (bicyclic) bond motifs is 1. The molecule has 102 valence electrons. The molecular formula is C13H16ClN3OS. The first kappa shape index (κ1) is 13.1. The Bertz CT molecular complexity index is 539. The van der Waals surface area contributed by atoms with Gasteiger partial charge in [0.05, 0.1) is 18.1 Å². The molecule has 0 amide bonds. The summed E-state index contributed by atoms with van der Waals surface area (Å²) in [6, 6.07) is 2.10. The molecule has 0 aromatic carbocycles. The zero-order valence-electron chi connectivity index (χ0n) is 10.6. The Morgan fingerprint density at radius 3 is 3.00 bits per heavy atom. The van der Waals surface area contributed by atoms with Gasteiger partial charge in [-0.15, -0.1) is 22.9 Å². The molecule has 1 saturated heterocycles. The van der Waals surface area contributed by atoms with E-state index in [1.807, 2.05) is 0 Å². The Kier molecular flexibility index (Phi) is 4.15. The number of halogens is 1. The van der Waals surface area contributed by atoms with Crippen LogP contribution in [0.4, 0.5) is 5.82 Å². The maximum Gasteiger partial charge on any atom is 0.140 e. The molecule has 4 nitrogen and oxygen atoms in total. The van der Waals surface area contributed by atoms with Crippen LogP contribution in [-0.2, 0) is 4.74 Å². The molecular weight excluding hydrogens is 282 g/mol. The van der Waals surface area contributed by atoms with Gasteiger partial charge in [-0.2, -0.15) is 0 Å². The van der Waals surface area contributed by atoms with Gasteiger partial charge in [-0.1, -0.05) is 0 Å². The summed E-state index contributed by atoms with van der Waals surface area (Å²) in [7, 11) is 0. The fourth-order valence-electron chi connectivity index (χ4n) is 2.47. The number of hydrogen-bond donors (Lipinski definition) is 0. The minimum absolute atomic E-state index is 0.342. The van der Waals surface area contributed by atoms with E-state index in [1.54, 1.807) is 17.7 Å². The zero-order valence-corrected chi connectivity index (χ0v) is 12.2. The summed E-state index contributed by atoms with van der Waals surface area (Å²) in [4.78, 5) is 12.1. The maximum atomic E-state index is 5.70. The van der Waals surface area contributed by atoms with E-state index < -0.39 is 0 Å². The number of piperidine rings is 1. The molecule has 0 radical (unpaired) electrons. The van der Waals surface area contributed by atoms with Crippen LogP contribution in [0.5, 0.6) is 0 Å². The first-order valence-corrected chi connectivity index (χ1v) is 7.90. The number of hydrogen-bond acceptors (Lipinski definition) is 5. The second-order valence-electron chi connectivity index (χ2n) is 4.58. The monoisotopic (exact) mass is 297 g/mol. The fraction of sp³-hybridized carbons (Fsp3) is 0.538. The van der Waals surface area contributed by atoms with E-state index in [0.717, 1.165) is 42.0 Å². The molecule has 1 fully saturated rings. The lowest BCUT2D eigenvalue weighted by molar-refractivity contribution is 0.0471. The van der Waals surface area contributed by atoms with Crippen LogP contribution in [0.25, 0.3) is 10.2 Å². The van der Waals surface area contributed by atoms with Gasteiger partial charge in [-0.3, -0.25) is 0 Å². The largest absolute Gasteiger partial charge is 0.377 e. The lowest BCUT2D eigenvalue weighted by Gasteiger charge is -2.32. The third kappa shape index (κ3) is 2.83. The highest BCUT2D eigenvalue weighted by molar-refractivity contribution is 7.16. The smallest absolute Gasteiger partial charge is 0.140 e. The summed E-state index contributed by atoms with van der Waals surface area (Å²) in [5.41, 5.74) is 0. The highest BCUT2D eigenvalue weighted by Crippen LogP contribution is 2.28. The summed E-state index contributed by atoms with van der Waals surface area (Å²) in [5, 5.41) is 3.23. The average molecular weight is 298 g/mol. The Labute approximate surface area is 121 Å². The van der Waals surface area contributed by atoms with Gasteiger partial charge in [0.25, 0.3) is 0 Å². The number of alkyl halides is 1. The van der Waals surface area contributed by atoms with Crippen molar-refractivity contribution >= 4 is 39.0 Å². The number of aromatic nitrogens is 2. The number of ether oxygens (including phenoxy) is 1. The van der Waals surface area contributed by atoms with Crippen molar-refractivity contribution < 1.29 is 4.74 Å². The summed E-state index contributed by atoms with van der Waals surface area (Å²) in [6.07, 6.45) is 4.07. The number of rotatable bonds is 4. The van der Waals surface area contributed by atoms with Gasteiger partial charge in [0.2, 0.25) is 0 Å². The highest BCUT2D eigenvalue weighted by atomic mass is 35.5. The summed E-state index contributed by atoms with van der Waals surface area (Å²) in [6.45, 7) is 2.61. The van der Waals surface area contributed by atoms with Crippen molar-refractivity contribution in [2.45, 2.75) is 18.9 Å².